The first kappa shape index (κ1) is 14.3. The van der Waals surface area contributed by atoms with Gasteiger partial charge in [-0.25, -0.2) is 4.98 Å². The maximum atomic E-state index is 13.4. The molecule has 7 nitrogen and oxygen atoms in total. The lowest BCUT2D eigenvalue weighted by molar-refractivity contribution is -0.384. The third-order valence-electron chi connectivity index (χ3n) is 3.17. The molecule has 0 radical (unpaired) electrons. The molecule has 0 aliphatic rings. The monoisotopic (exact) mass is 309 g/mol. The highest BCUT2D eigenvalue weighted by Crippen LogP contribution is 2.29. The fourth-order valence-corrected chi connectivity index (χ4v) is 2.13. The Hall–Kier alpha value is -3.60. The smallest absolute Gasteiger partial charge is 0.271 e. The van der Waals surface area contributed by atoms with Gasteiger partial charge in [-0.1, -0.05) is 6.07 Å². The van der Waals surface area contributed by atoms with E-state index in [1.807, 2.05) is 6.07 Å². The Morgan fingerprint density at radius 1 is 1.26 bits per heavy atom. The average Bonchev–Trinajstić information content (AvgIpc) is 2.55. The van der Waals surface area contributed by atoms with Crippen molar-refractivity contribution in [3.63, 3.8) is 0 Å². The van der Waals surface area contributed by atoms with Gasteiger partial charge in [-0.05, 0) is 6.07 Å². The van der Waals surface area contributed by atoms with Gasteiger partial charge in [0.15, 0.2) is 0 Å². The molecule has 1 N–H and O–H groups in total. The Labute approximate surface area is 129 Å². The van der Waals surface area contributed by atoms with Crippen molar-refractivity contribution in [2.75, 3.05) is 5.32 Å². The van der Waals surface area contributed by atoms with Gasteiger partial charge in [0.2, 0.25) is 5.95 Å². The SMILES string of the molecule is N#Cc1cnc2cnc(F)cc2c1Nc1cccc([N+](=O)[O-])c1. The predicted octanol–water partition coefficient (Wildman–Crippen LogP) is 3.29. The summed E-state index contributed by atoms with van der Waals surface area (Å²) >= 11 is 0. The summed E-state index contributed by atoms with van der Waals surface area (Å²) < 4.78 is 13.4. The van der Waals surface area contributed by atoms with Crippen LogP contribution in [0.4, 0.5) is 21.5 Å². The Balaban J connectivity index is 2.15. The van der Waals surface area contributed by atoms with Crippen LogP contribution in [0.3, 0.4) is 0 Å². The molecule has 0 unspecified atom stereocenters. The first-order valence-corrected chi connectivity index (χ1v) is 6.44. The van der Waals surface area contributed by atoms with Crippen LogP contribution in [0, 0.1) is 27.4 Å². The molecule has 0 amide bonds. The van der Waals surface area contributed by atoms with Crippen molar-refractivity contribution in [3.8, 4) is 6.07 Å². The van der Waals surface area contributed by atoms with Crippen LogP contribution in [0.5, 0.6) is 0 Å². The molecular formula is C15H8FN5O2. The quantitative estimate of drug-likeness (QED) is 0.452. The predicted molar refractivity (Wildman–Crippen MR) is 80.6 cm³/mol. The Morgan fingerprint density at radius 2 is 2.09 bits per heavy atom. The first-order chi connectivity index (χ1) is 11.1. The summed E-state index contributed by atoms with van der Waals surface area (Å²) in [7, 11) is 0. The van der Waals surface area contributed by atoms with E-state index in [1.165, 1.54) is 30.6 Å². The van der Waals surface area contributed by atoms with Crippen LogP contribution in [0.2, 0.25) is 0 Å². The second-order valence-corrected chi connectivity index (χ2v) is 4.62. The van der Waals surface area contributed by atoms with Gasteiger partial charge < -0.3 is 5.32 Å². The van der Waals surface area contributed by atoms with E-state index in [2.05, 4.69) is 15.3 Å². The van der Waals surface area contributed by atoms with Gasteiger partial charge in [-0.2, -0.15) is 9.65 Å². The Morgan fingerprint density at radius 3 is 2.83 bits per heavy atom. The first-order valence-electron chi connectivity index (χ1n) is 6.44. The van der Waals surface area contributed by atoms with E-state index in [4.69, 9.17) is 0 Å². The molecule has 3 rings (SSSR count). The second-order valence-electron chi connectivity index (χ2n) is 4.62. The number of rotatable bonds is 3. The van der Waals surface area contributed by atoms with E-state index in [0.29, 0.717) is 22.3 Å². The molecule has 8 heteroatoms. The van der Waals surface area contributed by atoms with E-state index in [9.17, 15) is 19.8 Å². The zero-order valence-corrected chi connectivity index (χ0v) is 11.5. The number of hydrogen-bond acceptors (Lipinski definition) is 6. The zero-order chi connectivity index (χ0) is 16.4. The molecule has 0 saturated heterocycles. The maximum absolute atomic E-state index is 13.4. The van der Waals surface area contributed by atoms with Crippen molar-refractivity contribution >= 4 is 28.0 Å². The summed E-state index contributed by atoms with van der Waals surface area (Å²) in [5.41, 5.74) is 1.22. The minimum Gasteiger partial charge on any atom is -0.354 e. The van der Waals surface area contributed by atoms with E-state index in [0.717, 1.165) is 6.07 Å². The van der Waals surface area contributed by atoms with Gasteiger partial charge in [-0.15, -0.1) is 0 Å². The van der Waals surface area contributed by atoms with Crippen LogP contribution in [-0.4, -0.2) is 14.9 Å². The molecule has 0 bridgehead atoms. The average molecular weight is 309 g/mol. The summed E-state index contributed by atoms with van der Waals surface area (Å²) in [5, 5.41) is 23.4. The highest BCUT2D eigenvalue weighted by Gasteiger charge is 2.12. The molecule has 2 aromatic heterocycles. The van der Waals surface area contributed by atoms with Gasteiger partial charge >= 0.3 is 0 Å². The minimum absolute atomic E-state index is 0.0975. The Kier molecular flexibility index (Phi) is 3.52. The summed E-state index contributed by atoms with van der Waals surface area (Å²) in [5.74, 6) is -0.712. The second kappa shape index (κ2) is 5.65. The van der Waals surface area contributed by atoms with E-state index in [-0.39, 0.29) is 11.3 Å². The molecule has 23 heavy (non-hydrogen) atoms. The van der Waals surface area contributed by atoms with Crippen molar-refractivity contribution < 1.29 is 9.31 Å². The number of non-ortho nitro benzene ring substituents is 1. The van der Waals surface area contributed by atoms with Crippen molar-refractivity contribution in [2.24, 2.45) is 0 Å². The van der Waals surface area contributed by atoms with E-state index < -0.39 is 10.9 Å². The van der Waals surface area contributed by atoms with E-state index >= 15 is 0 Å². The molecule has 112 valence electrons. The van der Waals surface area contributed by atoms with E-state index in [1.54, 1.807) is 6.07 Å². The van der Waals surface area contributed by atoms with Crippen molar-refractivity contribution in [1.82, 2.24) is 9.97 Å². The number of hydrogen-bond donors (Lipinski definition) is 1. The minimum atomic E-state index is -0.712. The molecular weight excluding hydrogens is 301 g/mol. The van der Waals surface area contributed by atoms with Crippen LogP contribution in [0.1, 0.15) is 5.56 Å². The third kappa shape index (κ3) is 2.75. The lowest BCUT2D eigenvalue weighted by atomic mass is 10.1. The van der Waals surface area contributed by atoms with Gasteiger partial charge in [0.05, 0.1) is 27.9 Å². The number of nitrogens with zero attached hydrogens (tertiary/aromatic N) is 4. The lowest BCUT2D eigenvalue weighted by Gasteiger charge is -2.11. The number of anilines is 2. The molecule has 1 aromatic carbocycles. The number of pyridine rings is 2. The highest BCUT2D eigenvalue weighted by atomic mass is 19.1. The van der Waals surface area contributed by atoms with Crippen LogP contribution < -0.4 is 5.32 Å². The number of fused-ring (bicyclic) bond motifs is 1. The number of aromatic nitrogens is 2. The van der Waals surface area contributed by atoms with Gasteiger partial charge in [0, 0.05) is 35.5 Å². The maximum Gasteiger partial charge on any atom is 0.271 e. The molecule has 0 saturated carbocycles. The highest BCUT2D eigenvalue weighted by molar-refractivity contribution is 5.95. The number of nitriles is 1. The van der Waals surface area contributed by atoms with Crippen molar-refractivity contribution in [2.45, 2.75) is 0 Å². The normalized spacial score (nSPS) is 10.3. The summed E-state index contributed by atoms with van der Waals surface area (Å²) in [6.45, 7) is 0. The molecule has 0 fully saturated rings. The number of nitro groups is 1. The standard InChI is InChI=1S/C15H8FN5O2/c16-14-5-12-13(8-19-14)18-7-9(6-17)15(12)20-10-2-1-3-11(4-10)21(22)23/h1-5,7-8H,(H,18,20). The third-order valence-corrected chi connectivity index (χ3v) is 3.17. The Bertz CT molecular complexity index is 968. The number of nitrogens with one attached hydrogen (secondary N) is 1. The summed E-state index contributed by atoms with van der Waals surface area (Å²) in [4.78, 5) is 17.9. The van der Waals surface area contributed by atoms with Crippen molar-refractivity contribution in [3.05, 3.63) is 64.4 Å². The van der Waals surface area contributed by atoms with Gasteiger partial charge in [0.25, 0.3) is 5.69 Å². The lowest BCUT2D eigenvalue weighted by Crippen LogP contribution is -1.98. The number of benzene rings is 1. The largest absolute Gasteiger partial charge is 0.354 e. The summed E-state index contributed by atoms with van der Waals surface area (Å²) in [6, 6.07) is 8.92. The van der Waals surface area contributed by atoms with Crippen LogP contribution >= 0.6 is 0 Å². The molecule has 3 aromatic rings. The fourth-order valence-electron chi connectivity index (χ4n) is 2.13. The number of nitro benzene ring substituents is 1. The molecule has 0 spiro atoms. The molecule has 0 aliphatic carbocycles. The van der Waals surface area contributed by atoms with Gasteiger partial charge in [0.1, 0.15) is 6.07 Å². The van der Waals surface area contributed by atoms with Crippen molar-refractivity contribution in [1.29, 1.82) is 5.26 Å². The van der Waals surface area contributed by atoms with Crippen LogP contribution in [-0.2, 0) is 0 Å². The fraction of sp³-hybridized carbons (Fsp3) is 0. The molecule has 0 atom stereocenters. The molecule has 2 heterocycles. The van der Waals surface area contributed by atoms with Crippen LogP contribution in [0.15, 0.2) is 42.7 Å². The topological polar surface area (TPSA) is 105 Å². The van der Waals surface area contributed by atoms with Gasteiger partial charge in [-0.3, -0.25) is 15.1 Å². The summed E-state index contributed by atoms with van der Waals surface area (Å²) in [6.07, 6.45) is 2.59. The molecule has 0 aliphatic heterocycles. The van der Waals surface area contributed by atoms with Crippen LogP contribution in [0.25, 0.3) is 10.9 Å². The zero-order valence-electron chi connectivity index (χ0n) is 11.5. The number of halogens is 1.